The molecule has 13 heterocycles. The minimum absolute atomic E-state index is 0. The van der Waals surface area contributed by atoms with E-state index in [2.05, 4.69) is 110 Å². The number of hydrogen-bond donors (Lipinski definition) is 4. The maximum Gasteiger partial charge on any atom is 1.00 e. The van der Waals surface area contributed by atoms with Gasteiger partial charge in [-0.25, -0.2) is 19.4 Å². The predicted molar refractivity (Wildman–Crippen MR) is 588 cm³/mol. The van der Waals surface area contributed by atoms with E-state index in [-0.39, 0.29) is 96.4 Å². The number of nitrogens with two attached hydrogens (primary N) is 3. The van der Waals surface area contributed by atoms with Crippen molar-refractivity contribution in [2.24, 2.45) is 0 Å². The number of fused-ring (bicyclic) bond motifs is 6. The first-order valence-corrected chi connectivity index (χ1v) is 52.3. The van der Waals surface area contributed by atoms with Crippen LogP contribution in [0.15, 0.2) is 109 Å². The Labute approximate surface area is 907 Å². The van der Waals surface area contributed by atoms with Crippen molar-refractivity contribution in [2.75, 3.05) is 225 Å². The van der Waals surface area contributed by atoms with Gasteiger partial charge in [-0.1, -0.05) is 109 Å². The summed E-state index contributed by atoms with van der Waals surface area (Å²) in [7, 11) is 16.0. The van der Waals surface area contributed by atoms with Crippen molar-refractivity contribution in [2.45, 2.75) is 240 Å². The molecule has 5 radical (unpaired) electrons. The fourth-order valence-corrected chi connectivity index (χ4v) is 19.7. The summed E-state index contributed by atoms with van der Waals surface area (Å²) in [6.45, 7) is 26.6. The summed E-state index contributed by atoms with van der Waals surface area (Å²) in [5.74, 6) is -1.16. The number of carbonyl (C=O) groups is 7. The van der Waals surface area contributed by atoms with Crippen LogP contribution < -0.4 is 76.6 Å². The van der Waals surface area contributed by atoms with E-state index >= 15 is 0 Å². The molecule has 1 unspecified atom stereocenters. The van der Waals surface area contributed by atoms with Crippen molar-refractivity contribution in [3.8, 4) is 0 Å². The van der Waals surface area contributed by atoms with E-state index in [0.29, 0.717) is 43.2 Å². The van der Waals surface area contributed by atoms with Gasteiger partial charge in [-0.15, -0.1) is 11.6 Å². The second-order valence-corrected chi connectivity index (χ2v) is 39.4. The van der Waals surface area contributed by atoms with Gasteiger partial charge in [0.15, 0.2) is 0 Å². The number of hydrogen-bond acceptors (Lipinski definition) is 30. The van der Waals surface area contributed by atoms with Gasteiger partial charge in [-0.05, 0) is 284 Å². The molecule has 0 bridgehead atoms. The van der Waals surface area contributed by atoms with Crippen LogP contribution in [0.25, 0.3) is 0 Å². The van der Waals surface area contributed by atoms with Crippen LogP contribution in [0.5, 0.6) is 0 Å². The Morgan fingerprint density at radius 3 is 1.16 bits per heavy atom. The first-order valence-electron chi connectivity index (χ1n) is 51.4. The minimum atomic E-state index is -0.639. The molecule has 35 nitrogen and oxygen atoms in total. The van der Waals surface area contributed by atoms with Crippen molar-refractivity contribution in [1.82, 2.24) is 29.4 Å². The number of halogens is 2. The third kappa shape index (κ3) is 44.0. The summed E-state index contributed by atoms with van der Waals surface area (Å²) < 4.78 is 8.54. The first kappa shape index (κ1) is 126. The smallest absolute Gasteiger partial charge is 0.793 e. The zero-order valence-electron chi connectivity index (χ0n) is 86.4. The molecule has 0 aromatic heterocycles. The van der Waals surface area contributed by atoms with Crippen molar-refractivity contribution in [3.63, 3.8) is 0 Å². The van der Waals surface area contributed by atoms with Crippen LogP contribution >= 0.6 is 23.2 Å². The third-order valence-electron chi connectivity index (χ3n) is 27.7. The van der Waals surface area contributed by atoms with Crippen LogP contribution in [-0.2, 0) is 91.3 Å². The number of ketones is 1. The Hall–Kier alpha value is -9.76. The maximum absolute atomic E-state index is 12.5. The minimum Gasteiger partial charge on any atom is -0.793 e. The van der Waals surface area contributed by atoms with Gasteiger partial charge in [-0.2, -0.15) is 0 Å². The Bertz CT molecular complexity index is 5060. The number of non-ortho nitro benzene ring substituents is 3. The zero-order chi connectivity index (χ0) is 104. The number of nitro benzene ring substituents is 3. The van der Waals surface area contributed by atoms with Crippen molar-refractivity contribution >= 4 is 148 Å². The molecule has 1 saturated carbocycles. The maximum atomic E-state index is 12.5. The molecular weight excluding hydrogens is 1920 g/mol. The van der Waals surface area contributed by atoms with Gasteiger partial charge in [0.1, 0.15) is 13.6 Å². The number of ether oxygens (including phenoxy) is 1. The van der Waals surface area contributed by atoms with E-state index in [1.54, 1.807) is 35.2 Å². The third-order valence-corrected chi connectivity index (χ3v) is 28.2. The van der Waals surface area contributed by atoms with Gasteiger partial charge < -0.3 is 84.1 Å². The molecule has 7 N–H and O–H groups in total. The molecule has 14 aliphatic rings. The molecule has 1 aliphatic carbocycles. The van der Waals surface area contributed by atoms with Gasteiger partial charge >= 0.3 is 41.5 Å². The Morgan fingerprint density at radius 1 is 0.435 bits per heavy atom. The summed E-state index contributed by atoms with van der Waals surface area (Å²) in [6, 6.07) is 34.9. The first-order chi connectivity index (χ1) is 69.2. The molecule has 147 heavy (non-hydrogen) atoms. The zero-order valence-corrected chi connectivity index (χ0v) is 90.0. The van der Waals surface area contributed by atoms with Gasteiger partial charge in [0.25, 0.3) is 17.1 Å². The fraction of sp³-hybridized carbons (Fsp3) is 0.598. The average Bonchev–Trinajstić information content (AvgIpc) is 1.67. The van der Waals surface area contributed by atoms with E-state index in [4.69, 9.17) is 53.0 Å². The van der Waals surface area contributed by atoms with Crippen LogP contribution in [0.4, 0.5) is 68.2 Å². The molecule has 6 aromatic carbocycles. The largest absolute Gasteiger partial charge is 1.00 e. The van der Waals surface area contributed by atoms with Gasteiger partial charge in [-0.3, -0.25) is 64.1 Å². The van der Waals surface area contributed by atoms with E-state index in [9.17, 15) is 63.9 Å². The number of amides is 2. The molecule has 2 amide bonds. The fourth-order valence-electron chi connectivity index (χ4n) is 19.7. The summed E-state index contributed by atoms with van der Waals surface area (Å²) in [5, 5.41) is 34.8. The average molecular weight is 2090 g/mol. The molecule has 20 rings (SSSR count). The number of rotatable bonds is 13. The quantitative estimate of drug-likeness (QED) is 0.0159. The standard InChI is InChI=1S/C15H19N3O3.C15H21N3O.C15H23N3.C14H19N3O2.C14H21N3.C8H8N2O2.C6H11NO.C6H12.C4H7BO.C4H6O4.C2H3BO2.C2H2Cl2O.2CH4.Na.H2/c19-15(11-16-7-2-1-3-8-16)17-9-6-12-4-5-13(18(20)21)10-14(12)17;16-13-5-4-12-6-9-18(14(12)10-13)15(19)11-17-7-2-1-3-8-17;16-14-5-4-13-6-9-18(15(13)12-14)11-10-17-7-2-1-3-8-17;1-15-7-5-12(6-8-15)16-9-4-11-2-3-13(17(18)19)10-14(11)16;1-16-7-5-13(6-8-16)17-9-4-11-2-3-12(15)10-14(11)17;11-10(12)7-2-1-6-3-4-9-8(6)5-7;1-7-4-2-6(8)3-5-7;1-2-4-6-5-3-1;5-4-2-1-3-6-4;1-3(5)7-8-4(2)6;1-2(4)5-3;3-1-2(4)5;;;;/h4-5,10H,1-3,6-9,11H2;4-5,10H,1-3,6-9,11,16H2;4-5,12H,1-3,6-11,16H2;2-3,10,12H,4-9H2,1H3;2-3,10,13H,4-9,15H2,1H3;1-2,5,9H,3-4H2;2-5H2,1H3;1-6H2;4H,1-3H2;1-2H3;1H3;1H2;2*1H4;;1H/q;;;;;;;;;;-1;;;;+1;. The topological polar surface area (TPSA) is 412 Å². The molecule has 6 aromatic rings. The summed E-state index contributed by atoms with van der Waals surface area (Å²) >= 11 is 9.55. The molecule has 8 fully saturated rings. The van der Waals surface area contributed by atoms with E-state index in [0.717, 1.165) is 222 Å². The summed E-state index contributed by atoms with van der Waals surface area (Å²) in [4.78, 5) is 138. The number of nitrogens with one attached hydrogen (secondary N) is 1. The second-order valence-electron chi connectivity index (χ2n) is 38.7. The molecule has 1 atom stereocenters. The van der Waals surface area contributed by atoms with Crippen molar-refractivity contribution in [1.29, 1.82) is 0 Å². The second kappa shape index (κ2) is 67.4. The number of nitro groups is 3. The van der Waals surface area contributed by atoms with Crippen LogP contribution in [0.1, 0.15) is 218 Å². The number of likely N-dealkylation sites (tertiary alicyclic amines) is 6. The number of nitrogens with zero attached hydrogens (tertiary/aromatic N) is 14. The number of benzene rings is 6. The van der Waals surface area contributed by atoms with Gasteiger partial charge in [0, 0.05) is 207 Å². The molecule has 13 aliphatic heterocycles. The summed E-state index contributed by atoms with van der Waals surface area (Å²) in [6.07, 6.45) is 35.1. The Kier molecular flexibility index (Phi) is 57.8. The number of nitrogen functional groups attached to an aromatic ring is 3. The van der Waals surface area contributed by atoms with Gasteiger partial charge in [0.2, 0.25) is 23.0 Å². The normalized spacial score (nSPS) is 18.5. The van der Waals surface area contributed by atoms with Crippen LogP contribution in [0, 0.1) is 30.3 Å². The van der Waals surface area contributed by atoms with E-state index < -0.39 is 28.1 Å². The van der Waals surface area contributed by atoms with Crippen molar-refractivity contribution in [3.05, 3.63) is 173 Å². The molecule has 40 heteroatoms. The number of carbonyl (C=O) groups excluding carboxylic acids is 7. The SMILES string of the molecule is C.C.C1CCCCC1.CC(=O)OOC(C)=O.CN1CCC(=O)CC1.CN1CCC(N2CCc3ccc(N)cc32)CC1.CN1CCC(N2CCc3ccc([N+](=O)[O-])cc32)CC1.Nc1ccc2c(c1)N(C(=O)CN1CCCCC1)CC2.Nc1ccc2c(c1)N(CCN1CCCCC1)CC2.O=C(CN1CCCCC1)N1CCc2ccc([N+](=O)[O-])cc21.O=C(Cl)CCl.O=[N+]([O-])c1ccc2c(c1)NCC2.[B-]OC(C)=O.[B]C1CCCO1.[HH].[Na+]. The van der Waals surface area contributed by atoms with E-state index in [1.807, 2.05) is 54.4 Å². The molecule has 803 valence electrons. The molecule has 0 spiro atoms. The molecular formula is C107H162B2Cl2N18NaO17. The number of piperidine rings is 6. The number of Topliss-reactive ketones (excluding diaryl/α,β-unsaturated/α-hetero) is 1. The number of alkyl halides is 1. The van der Waals surface area contributed by atoms with Crippen LogP contribution in [0.2, 0.25) is 0 Å². The predicted octanol–water partition coefficient (Wildman–Crippen LogP) is 13.2. The molecule has 7 saturated heterocycles. The Balaban J connectivity index is 0.000000291. The van der Waals surface area contributed by atoms with E-state index in [1.165, 1.54) is 207 Å². The van der Waals surface area contributed by atoms with Crippen LogP contribution in [-0.4, -0.2) is 297 Å². The van der Waals surface area contributed by atoms with Crippen LogP contribution in [0.3, 0.4) is 0 Å². The van der Waals surface area contributed by atoms with Crippen molar-refractivity contribution < 1.29 is 98.5 Å². The Morgan fingerprint density at radius 2 is 0.776 bits per heavy atom. The summed E-state index contributed by atoms with van der Waals surface area (Å²) in [5.41, 5.74) is 34.6. The number of anilines is 9. The monoisotopic (exact) mass is 2090 g/mol. The van der Waals surface area contributed by atoms with Gasteiger partial charge in [0.05, 0.1) is 39.4 Å².